The second-order valence-corrected chi connectivity index (χ2v) is 10.8. The predicted octanol–water partition coefficient (Wildman–Crippen LogP) is 7.43. The summed E-state index contributed by atoms with van der Waals surface area (Å²) in [6, 6.07) is 11.3. The van der Waals surface area contributed by atoms with Crippen molar-refractivity contribution in [1.82, 2.24) is 4.90 Å². The van der Waals surface area contributed by atoms with Gasteiger partial charge in [0.2, 0.25) is 0 Å². The minimum absolute atomic E-state index is 0.125. The molecule has 10 heteroatoms. The van der Waals surface area contributed by atoms with Crippen LogP contribution in [0.3, 0.4) is 0 Å². The summed E-state index contributed by atoms with van der Waals surface area (Å²) in [5.41, 5.74) is 3.19. The zero-order valence-corrected chi connectivity index (χ0v) is 22.8. The molecule has 0 radical (unpaired) electrons. The van der Waals surface area contributed by atoms with Crippen LogP contribution in [0.15, 0.2) is 46.9 Å². The Labute approximate surface area is 229 Å². The van der Waals surface area contributed by atoms with Crippen LogP contribution in [0.1, 0.15) is 43.4 Å². The first-order valence-corrected chi connectivity index (χ1v) is 12.7. The number of hydrogen-bond acceptors (Lipinski definition) is 3. The van der Waals surface area contributed by atoms with Gasteiger partial charge in [-0.2, -0.15) is 0 Å². The number of benzene rings is 3. The molecule has 0 unspecified atom stereocenters. The zero-order chi connectivity index (χ0) is 25.3. The van der Waals surface area contributed by atoms with E-state index in [1.807, 2.05) is 56.3 Å². The van der Waals surface area contributed by atoms with Crippen LogP contribution in [-0.2, 0) is 4.79 Å². The number of anilines is 1. The van der Waals surface area contributed by atoms with Crippen molar-refractivity contribution >= 4 is 85.7 Å². The molecule has 0 aromatic heterocycles. The number of nitrogens with zero attached hydrogens (tertiary/aromatic N) is 2. The maximum absolute atomic E-state index is 13.6. The van der Waals surface area contributed by atoms with E-state index in [2.05, 4.69) is 15.9 Å². The number of carbonyl (C=O) groups excluding carboxylic acids is 3. The maximum atomic E-state index is 13.6. The van der Waals surface area contributed by atoms with Crippen LogP contribution in [-0.4, -0.2) is 28.7 Å². The second kappa shape index (κ2) is 8.79. The average Bonchev–Trinajstić information content (AvgIpc) is 3.07. The van der Waals surface area contributed by atoms with Gasteiger partial charge in [-0.25, -0.2) is 0 Å². The molecule has 0 saturated carbocycles. The van der Waals surface area contributed by atoms with Gasteiger partial charge in [-0.05, 0) is 54.8 Å². The minimum atomic E-state index is -1.11. The highest BCUT2D eigenvalue weighted by Crippen LogP contribution is 2.49. The molecule has 2 aliphatic heterocycles. The van der Waals surface area contributed by atoms with Gasteiger partial charge >= 0.3 is 0 Å². The fraction of sp³-hybridized carbons (Fsp3) is 0.160. The molecule has 3 amide bonds. The van der Waals surface area contributed by atoms with Crippen LogP contribution in [0, 0.1) is 13.8 Å². The normalized spacial score (nSPS) is 19.3. The van der Waals surface area contributed by atoms with Crippen molar-refractivity contribution in [2.24, 2.45) is 0 Å². The van der Waals surface area contributed by atoms with Crippen LogP contribution in [0.5, 0.6) is 0 Å². The van der Waals surface area contributed by atoms with Gasteiger partial charge in [-0.1, -0.05) is 80.5 Å². The van der Waals surface area contributed by atoms with Gasteiger partial charge in [0.25, 0.3) is 17.7 Å². The molecule has 0 bridgehead atoms. The number of β-lactam (4-membered cyclic amide) rings is 1. The Morgan fingerprint density at radius 1 is 0.714 bits per heavy atom. The lowest BCUT2D eigenvalue weighted by Gasteiger charge is -2.50. The molecular formula is C25H15BrCl4N2O3. The van der Waals surface area contributed by atoms with Gasteiger partial charge in [0.1, 0.15) is 6.04 Å². The molecule has 35 heavy (non-hydrogen) atoms. The number of imide groups is 1. The smallest absolute Gasteiger partial charge is 0.264 e. The van der Waals surface area contributed by atoms with E-state index in [0.29, 0.717) is 5.69 Å². The lowest BCUT2D eigenvalue weighted by molar-refractivity contribution is -0.130. The molecule has 5 rings (SSSR count). The molecule has 2 heterocycles. The molecule has 3 aromatic carbocycles. The summed E-state index contributed by atoms with van der Waals surface area (Å²) in [5, 5.41) is -0.594. The molecule has 0 N–H and O–H groups in total. The van der Waals surface area contributed by atoms with Crippen molar-refractivity contribution < 1.29 is 14.4 Å². The van der Waals surface area contributed by atoms with Gasteiger partial charge in [-0.15, -0.1) is 0 Å². The third kappa shape index (κ3) is 3.61. The van der Waals surface area contributed by atoms with Crippen molar-refractivity contribution in [3.8, 4) is 0 Å². The predicted molar refractivity (Wildman–Crippen MR) is 141 cm³/mol. The van der Waals surface area contributed by atoms with E-state index >= 15 is 0 Å². The molecule has 1 fully saturated rings. The Bertz CT molecular complexity index is 1430. The van der Waals surface area contributed by atoms with E-state index < -0.39 is 29.8 Å². The Morgan fingerprint density at radius 3 is 1.86 bits per heavy atom. The SMILES string of the molecule is Cc1ccc(N2C(=O)[C@@H](N3C(=O)c4c(Cl)c(Cl)c(Cl)c(Cl)c4C3=O)[C@@H]2c2cccc(Br)c2)cc1C. The van der Waals surface area contributed by atoms with Crippen LogP contribution >= 0.6 is 62.3 Å². The molecule has 2 aliphatic rings. The molecule has 0 aliphatic carbocycles. The number of amides is 3. The van der Waals surface area contributed by atoms with E-state index in [1.165, 1.54) is 0 Å². The van der Waals surface area contributed by atoms with Crippen LogP contribution < -0.4 is 4.90 Å². The third-order valence-corrected chi connectivity index (χ3v) is 8.73. The number of hydrogen-bond donors (Lipinski definition) is 0. The van der Waals surface area contributed by atoms with Crippen LogP contribution in [0.4, 0.5) is 5.69 Å². The lowest BCUT2D eigenvalue weighted by atomic mass is 9.86. The summed E-state index contributed by atoms with van der Waals surface area (Å²) in [6.45, 7) is 3.94. The molecule has 178 valence electrons. The number of fused-ring (bicyclic) bond motifs is 1. The highest BCUT2D eigenvalue weighted by Gasteiger charge is 2.58. The Balaban J connectivity index is 1.65. The minimum Gasteiger partial charge on any atom is -0.300 e. The number of rotatable bonds is 3. The Hall–Kier alpha value is -2.09. The van der Waals surface area contributed by atoms with Crippen molar-refractivity contribution in [3.63, 3.8) is 0 Å². The first-order valence-electron chi connectivity index (χ1n) is 10.4. The summed E-state index contributed by atoms with van der Waals surface area (Å²) in [5.74, 6) is -1.89. The highest BCUT2D eigenvalue weighted by molar-refractivity contribution is 9.10. The topological polar surface area (TPSA) is 57.7 Å². The standard InChI is InChI=1S/C25H15BrCl4N2O3/c1-10-6-7-14(8-11(10)2)31-21(12-4-3-5-13(26)9-12)22(25(31)35)32-23(33)15-16(24(32)34)18(28)20(30)19(29)17(15)27/h3-9,21-22H,1-2H3/t21-,22-/m0/s1. The van der Waals surface area contributed by atoms with E-state index in [-0.39, 0.29) is 31.2 Å². The van der Waals surface area contributed by atoms with Crippen molar-refractivity contribution in [1.29, 1.82) is 0 Å². The zero-order valence-electron chi connectivity index (χ0n) is 18.2. The quantitative estimate of drug-likeness (QED) is 0.134. The number of halogens is 5. The molecule has 0 spiro atoms. The molecule has 3 aromatic rings. The number of aryl methyl sites for hydroxylation is 2. The maximum Gasteiger partial charge on any atom is 0.264 e. The summed E-state index contributed by atoms with van der Waals surface area (Å²) >= 11 is 28.4. The van der Waals surface area contributed by atoms with E-state index in [0.717, 1.165) is 26.1 Å². The van der Waals surface area contributed by atoms with Gasteiger partial charge in [0.15, 0.2) is 0 Å². The van der Waals surface area contributed by atoms with Crippen molar-refractivity contribution in [2.45, 2.75) is 25.9 Å². The first-order chi connectivity index (χ1) is 16.5. The van der Waals surface area contributed by atoms with E-state index in [1.54, 1.807) is 4.90 Å². The molecule has 1 saturated heterocycles. The van der Waals surface area contributed by atoms with Crippen LogP contribution in [0.25, 0.3) is 0 Å². The fourth-order valence-electron chi connectivity index (χ4n) is 4.53. The van der Waals surface area contributed by atoms with E-state index in [9.17, 15) is 14.4 Å². The second-order valence-electron chi connectivity index (χ2n) is 8.41. The monoisotopic (exact) mass is 610 g/mol. The molecule has 2 atom stereocenters. The lowest BCUT2D eigenvalue weighted by Crippen LogP contribution is -2.67. The largest absolute Gasteiger partial charge is 0.300 e. The molecular weight excluding hydrogens is 598 g/mol. The number of carbonyl (C=O) groups is 3. The molecule has 5 nitrogen and oxygen atoms in total. The Kier molecular flexibility index (Phi) is 6.17. The summed E-state index contributed by atoms with van der Waals surface area (Å²) in [6.07, 6.45) is 0. The van der Waals surface area contributed by atoms with Gasteiger partial charge in [0.05, 0.1) is 37.3 Å². The third-order valence-electron chi connectivity index (χ3n) is 6.44. The van der Waals surface area contributed by atoms with Gasteiger partial charge in [0, 0.05) is 10.2 Å². The van der Waals surface area contributed by atoms with Crippen LogP contribution in [0.2, 0.25) is 20.1 Å². The van der Waals surface area contributed by atoms with Crippen molar-refractivity contribution in [2.75, 3.05) is 4.90 Å². The summed E-state index contributed by atoms with van der Waals surface area (Å²) in [4.78, 5) is 43.1. The van der Waals surface area contributed by atoms with Gasteiger partial charge in [-0.3, -0.25) is 19.3 Å². The van der Waals surface area contributed by atoms with E-state index in [4.69, 9.17) is 46.4 Å². The first kappa shape index (κ1) is 24.6. The fourth-order valence-corrected chi connectivity index (χ4v) is 5.96. The van der Waals surface area contributed by atoms with Gasteiger partial charge < -0.3 is 4.90 Å². The highest BCUT2D eigenvalue weighted by atomic mass is 79.9. The Morgan fingerprint density at radius 2 is 1.31 bits per heavy atom. The summed E-state index contributed by atoms with van der Waals surface area (Å²) in [7, 11) is 0. The van der Waals surface area contributed by atoms with Crippen molar-refractivity contribution in [3.05, 3.63) is 94.8 Å². The average molecular weight is 613 g/mol. The summed E-state index contributed by atoms with van der Waals surface area (Å²) < 4.78 is 0.792.